The van der Waals surface area contributed by atoms with Crippen molar-refractivity contribution in [2.24, 2.45) is 0 Å². The van der Waals surface area contributed by atoms with Crippen LogP contribution >= 0.6 is 11.3 Å². The van der Waals surface area contributed by atoms with Crippen molar-refractivity contribution in [2.45, 2.75) is 12.7 Å². The number of aromatic amines is 1. The number of carbonyl (C=O) groups is 2. The number of Topliss-reactive ketones (excluding diaryl/α,β-unsaturated/α-hetero) is 1. The third-order valence-corrected chi connectivity index (χ3v) is 4.90. The zero-order valence-corrected chi connectivity index (χ0v) is 14.8. The average Bonchev–Trinajstić information content (AvgIpc) is 3.14. The van der Waals surface area contributed by atoms with Crippen molar-refractivity contribution < 1.29 is 22.8 Å². The molecule has 2 heterocycles. The van der Waals surface area contributed by atoms with Crippen LogP contribution in [0.4, 0.5) is 13.2 Å². The molecule has 0 fully saturated rings. The second-order valence-corrected chi connectivity index (χ2v) is 6.77. The molecule has 0 aliphatic carbocycles. The highest BCUT2D eigenvalue weighted by Crippen LogP contribution is 2.26. The molecule has 0 unspecified atom stereocenters. The van der Waals surface area contributed by atoms with Crippen molar-refractivity contribution in [2.75, 3.05) is 6.54 Å². The first-order valence-corrected chi connectivity index (χ1v) is 8.71. The third-order valence-electron chi connectivity index (χ3n) is 3.82. The quantitative estimate of drug-likeness (QED) is 0.627. The SMILES string of the molecule is O=C(NCCn1[nH]c(=O)c2ccccc2c1=O)c1ccc(C(=O)C(F)(F)F)s1. The normalized spacial score (nSPS) is 11.5. The molecular weight excluding hydrogens is 399 g/mol. The van der Waals surface area contributed by atoms with E-state index in [1.165, 1.54) is 12.1 Å². The Kier molecular flexibility index (Phi) is 5.18. The van der Waals surface area contributed by atoms with Gasteiger partial charge in [0.1, 0.15) is 0 Å². The monoisotopic (exact) mass is 411 g/mol. The Labute approximate surface area is 158 Å². The molecule has 0 saturated heterocycles. The van der Waals surface area contributed by atoms with Gasteiger partial charge in [0.15, 0.2) is 0 Å². The number of rotatable bonds is 5. The van der Waals surface area contributed by atoms with Gasteiger partial charge in [-0.3, -0.25) is 24.3 Å². The van der Waals surface area contributed by atoms with E-state index in [0.29, 0.717) is 11.3 Å². The summed E-state index contributed by atoms with van der Waals surface area (Å²) in [5, 5.41) is 5.30. The van der Waals surface area contributed by atoms with Crippen molar-refractivity contribution in [1.29, 1.82) is 0 Å². The summed E-state index contributed by atoms with van der Waals surface area (Å²) in [4.78, 5) is 46.9. The second-order valence-electron chi connectivity index (χ2n) is 5.69. The van der Waals surface area contributed by atoms with Gasteiger partial charge in [0, 0.05) is 6.54 Å². The van der Waals surface area contributed by atoms with Gasteiger partial charge in [0.05, 0.1) is 27.1 Å². The maximum Gasteiger partial charge on any atom is 0.455 e. The Morgan fingerprint density at radius 1 is 1.04 bits per heavy atom. The van der Waals surface area contributed by atoms with Crippen LogP contribution in [0.5, 0.6) is 0 Å². The molecule has 3 rings (SSSR count). The number of halogens is 3. The molecule has 0 radical (unpaired) electrons. The summed E-state index contributed by atoms with van der Waals surface area (Å²) >= 11 is 0.422. The van der Waals surface area contributed by atoms with Gasteiger partial charge in [0.25, 0.3) is 22.8 Å². The van der Waals surface area contributed by atoms with Gasteiger partial charge in [-0.05, 0) is 24.3 Å². The first-order chi connectivity index (χ1) is 13.2. The Morgan fingerprint density at radius 2 is 1.68 bits per heavy atom. The minimum absolute atomic E-state index is 0.0512. The van der Waals surface area contributed by atoms with Crippen LogP contribution < -0.4 is 16.4 Å². The highest BCUT2D eigenvalue weighted by atomic mass is 32.1. The average molecular weight is 411 g/mol. The van der Waals surface area contributed by atoms with Gasteiger partial charge in [0.2, 0.25) is 0 Å². The number of carbonyl (C=O) groups excluding carboxylic acids is 2. The summed E-state index contributed by atoms with van der Waals surface area (Å²) in [7, 11) is 0. The summed E-state index contributed by atoms with van der Waals surface area (Å²) < 4.78 is 38.3. The smallest absolute Gasteiger partial charge is 0.349 e. The van der Waals surface area contributed by atoms with Crippen molar-refractivity contribution in [3.05, 3.63) is 66.9 Å². The van der Waals surface area contributed by atoms with Gasteiger partial charge < -0.3 is 5.32 Å². The molecule has 0 atom stereocenters. The summed E-state index contributed by atoms with van der Waals surface area (Å²) in [6.07, 6.45) is -5.01. The van der Waals surface area contributed by atoms with Crippen LogP contribution in [-0.4, -0.2) is 34.2 Å². The minimum atomic E-state index is -5.01. The van der Waals surface area contributed by atoms with Crippen LogP contribution in [0, 0.1) is 0 Å². The molecule has 0 bridgehead atoms. The molecule has 146 valence electrons. The Balaban J connectivity index is 1.68. The lowest BCUT2D eigenvalue weighted by Gasteiger charge is -2.08. The standard InChI is InChI=1S/C17H12F3N3O4S/c18-17(19,20)13(24)11-5-6-12(28-11)15(26)21-7-8-23-16(27)10-4-2-1-3-9(10)14(25)22-23/h1-6H,7-8H2,(H,21,26)(H,22,25). The summed E-state index contributed by atoms with van der Waals surface area (Å²) in [6.45, 7) is -0.113. The maximum atomic E-state index is 12.4. The first kappa shape index (κ1) is 19.5. The maximum absolute atomic E-state index is 12.4. The fourth-order valence-electron chi connectivity index (χ4n) is 2.49. The van der Waals surface area contributed by atoms with Crippen LogP contribution in [0.3, 0.4) is 0 Å². The van der Waals surface area contributed by atoms with Crippen LogP contribution in [0.25, 0.3) is 10.8 Å². The number of fused-ring (bicyclic) bond motifs is 1. The highest BCUT2D eigenvalue weighted by molar-refractivity contribution is 7.16. The lowest BCUT2D eigenvalue weighted by Crippen LogP contribution is -2.35. The topological polar surface area (TPSA) is 101 Å². The van der Waals surface area contributed by atoms with Crippen LogP contribution in [0.1, 0.15) is 19.3 Å². The molecule has 3 aromatic rings. The lowest BCUT2D eigenvalue weighted by atomic mass is 10.2. The Bertz CT molecular complexity index is 1180. The van der Waals surface area contributed by atoms with E-state index in [-0.39, 0.29) is 28.7 Å². The number of amides is 1. The fourth-order valence-corrected chi connectivity index (χ4v) is 3.38. The molecule has 0 aliphatic heterocycles. The zero-order valence-electron chi connectivity index (χ0n) is 14.0. The molecular formula is C17H12F3N3O4S. The fraction of sp³-hybridized carbons (Fsp3) is 0.176. The van der Waals surface area contributed by atoms with Crippen LogP contribution in [0.2, 0.25) is 0 Å². The van der Waals surface area contributed by atoms with Gasteiger partial charge in [-0.25, -0.2) is 4.68 Å². The molecule has 28 heavy (non-hydrogen) atoms. The highest BCUT2D eigenvalue weighted by Gasteiger charge is 2.40. The third kappa shape index (κ3) is 3.88. The molecule has 1 amide bonds. The number of hydrogen-bond donors (Lipinski definition) is 2. The van der Waals surface area contributed by atoms with E-state index in [1.54, 1.807) is 12.1 Å². The molecule has 7 nitrogen and oxygen atoms in total. The predicted molar refractivity (Wildman–Crippen MR) is 95.9 cm³/mol. The molecule has 0 aliphatic rings. The largest absolute Gasteiger partial charge is 0.455 e. The van der Waals surface area contributed by atoms with Gasteiger partial charge >= 0.3 is 6.18 Å². The lowest BCUT2D eigenvalue weighted by molar-refractivity contribution is -0.0882. The van der Waals surface area contributed by atoms with E-state index < -0.39 is 33.9 Å². The molecule has 2 N–H and O–H groups in total. The predicted octanol–water partition coefficient (Wildman–Crippen LogP) is 1.93. The van der Waals surface area contributed by atoms with E-state index in [0.717, 1.165) is 16.8 Å². The number of nitrogens with zero attached hydrogens (tertiary/aromatic N) is 1. The number of thiophene rings is 1. The van der Waals surface area contributed by atoms with E-state index in [9.17, 15) is 32.3 Å². The van der Waals surface area contributed by atoms with Crippen LogP contribution in [0.15, 0.2) is 46.0 Å². The number of hydrogen-bond acceptors (Lipinski definition) is 5. The van der Waals surface area contributed by atoms with Crippen molar-refractivity contribution in [3.8, 4) is 0 Å². The Morgan fingerprint density at radius 3 is 2.36 bits per heavy atom. The summed E-state index contributed by atoms with van der Waals surface area (Å²) in [5.41, 5.74) is -0.909. The molecule has 1 aromatic carbocycles. The molecule has 0 spiro atoms. The van der Waals surface area contributed by atoms with Crippen molar-refractivity contribution in [1.82, 2.24) is 15.1 Å². The molecule has 2 aromatic heterocycles. The second kappa shape index (κ2) is 7.43. The number of ketones is 1. The van der Waals surface area contributed by atoms with Crippen molar-refractivity contribution >= 4 is 33.8 Å². The minimum Gasteiger partial charge on any atom is -0.349 e. The van der Waals surface area contributed by atoms with Crippen molar-refractivity contribution in [3.63, 3.8) is 0 Å². The summed E-state index contributed by atoms with van der Waals surface area (Å²) in [6, 6.07) is 8.31. The van der Waals surface area contributed by atoms with E-state index in [1.807, 2.05) is 0 Å². The number of benzene rings is 1. The number of nitrogens with one attached hydrogen (secondary N) is 2. The number of aromatic nitrogens is 2. The molecule has 11 heteroatoms. The molecule has 0 saturated carbocycles. The van der Waals surface area contributed by atoms with Gasteiger partial charge in [-0.2, -0.15) is 13.2 Å². The Hall–Kier alpha value is -3.21. The van der Waals surface area contributed by atoms with E-state index >= 15 is 0 Å². The van der Waals surface area contributed by atoms with Gasteiger partial charge in [-0.1, -0.05) is 12.1 Å². The first-order valence-electron chi connectivity index (χ1n) is 7.90. The summed E-state index contributed by atoms with van der Waals surface area (Å²) in [5.74, 6) is -2.71. The van der Waals surface area contributed by atoms with E-state index in [2.05, 4.69) is 10.4 Å². The van der Waals surface area contributed by atoms with Crippen LogP contribution in [-0.2, 0) is 6.54 Å². The van der Waals surface area contributed by atoms with E-state index in [4.69, 9.17) is 0 Å². The van der Waals surface area contributed by atoms with Gasteiger partial charge in [-0.15, -0.1) is 11.3 Å². The number of alkyl halides is 3. The zero-order chi connectivity index (χ0) is 20.5. The number of H-pyrrole nitrogens is 1.